The molecule has 3 heterocycles. The van der Waals surface area contributed by atoms with Gasteiger partial charge in [-0.05, 0) is 69.9 Å². The third-order valence-corrected chi connectivity index (χ3v) is 7.35. The molecule has 180 valence electrons. The zero-order valence-electron chi connectivity index (χ0n) is 19.8. The van der Waals surface area contributed by atoms with Gasteiger partial charge < -0.3 is 20.1 Å². The number of benzene rings is 1. The highest BCUT2D eigenvalue weighted by Gasteiger charge is 2.36. The van der Waals surface area contributed by atoms with Crippen molar-refractivity contribution < 1.29 is 14.3 Å². The maximum atomic E-state index is 11.7. The van der Waals surface area contributed by atoms with Gasteiger partial charge >= 0.3 is 6.09 Å². The standard InChI is InChI=1S/C25H30ClN5O3/c1-14-28-22(27)20-23(29-14)34-25(2,3)21(30-20)17-8-9-18(19(26)12-17)16-6-4-15(5-7-16)13-31-10-11-33-24(31)32/h8-9,12,15-16H,4-7,10-11,13H2,1-3H3,(H2,27,28,29)/t15-,16-. The van der Waals surface area contributed by atoms with E-state index in [0.717, 1.165) is 48.5 Å². The number of nitrogens with zero attached hydrogens (tertiary/aromatic N) is 4. The molecule has 1 aromatic heterocycles. The summed E-state index contributed by atoms with van der Waals surface area (Å²) in [6.45, 7) is 7.70. The number of rotatable bonds is 4. The average molecular weight is 484 g/mol. The fourth-order valence-electron chi connectivity index (χ4n) is 5.25. The number of halogens is 1. The minimum absolute atomic E-state index is 0.177. The molecule has 0 radical (unpaired) electrons. The first kappa shape index (κ1) is 22.9. The van der Waals surface area contributed by atoms with Gasteiger partial charge in [0.05, 0.1) is 12.3 Å². The van der Waals surface area contributed by atoms with Crippen LogP contribution in [0.25, 0.3) is 0 Å². The van der Waals surface area contributed by atoms with Crippen molar-refractivity contribution in [1.29, 1.82) is 0 Å². The molecule has 2 aromatic rings. The molecule has 34 heavy (non-hydrogen) atoms. The highest BCUT2D eigenvalue weighted by atomic mass is 35.5. The van der Waals surface area contributed by atoms with E-state index in [1.807, 2.05) is 24.8 Å². The minimum atomic E-state index is -0.695. The first-order valence-electron chi connectivity index (χ1n) is 11.8. The monoisotopic (exact) mass is 483 g/mol. The fraction of sp³-hybridized carbons (Fsp3) is 0.520. The van der Waals surface area contributed by atoms with Gasteiger partial charge in [0.15, 0.2) is 11.5 Å². The van der Waals surface area contributed by atoms with Gasteiger partial charge in [0.1, 0.15) is 18.0 Å². The van der Waals surface area contributed by atoms with Crippen molar-refractivity contribution >= 4 is 34.9 Å². The highest BCUT2D eigenvalue weighted by molar-refractivity contribution is 6.32. The van der Waals surface area contributed by atoms with Crippen LogP contribution >= 0.6 is 11.6 Å². The van der Waals surface area contributed by atoms with Crippen LogP contribution in [0.3, 0.4) is 0 Å². The van der Waals surface area contributed by atoms with E-state index in [4.69, 9.17) is 31.8 Å². The summed E-state index contributed by atoms with van der Waals surface area (Å²) in [4.78, 5) is 27.0. The topological polar surface area (TPSA) is 103 Å². The summed E-state index contributed by atoms with van der Waals surface area (Å²) in [6, 6.07) is 6.15. The van der Waals surface area contributed by atoms with Crippen molar-refractivity contribution in [3.05, 3.63) is 40.2 Å². The largest absolute Gasteiger partial charge is 0.463 e. The molecule has 8 nitrogen and oxygen atoms in total. The number of hydrogen-bond acceptors (Lipinski definition) is 7. The molecule has 0 atom stereocenters. The molecule has 2 fully saturated rings. The van der Waals surface area contributed by atoms with Gasteiger partial charge in [0.2, 0.25) is 5.88 Å². The maximum absolute atomic E-state index is 11.7. The van der Waals surface area contributed by atoms with Crippen LogP contribution in [-0.4, -0.2) is 52.0 Å². The minimum Gasteiger partial charge on any atom is -0.463 e. The predicted molar refractivity (Wildman–Crippen MR) is 131 cm³/mol. The van der Waals surface area contributed by atoms with Crippen molar-refractivity contribution in [2.45, 2.75) is 58.0 Å². The van der Waals surface area contributed by atoms with Gasteiger partial charge in [-0.2, -0.15) is 4.98 Å². The Labute approximate surface area is 204 Å². The Bertz CT molecular complexity index is 1160. The molecule has 2 aliphatic heterocycles. The first-order chi connectivity index (χ1) is 16.2. The van der Waals surface area contributed by atoms with E-state index >= 15 is 0 Å². The molecule has 9 heteroatoms. The lowest BCUT2D eigenvalue weighted by atomic mass is 9.78. The highest BCUT2D eigenvalue weighted by Crippen LogP contribution is 2.42. The van der Waals surface area contributed by atoms with Crippen LogP contribution in [0.5, 0.6) is 5.88 Å². The van der Waals surface area contributed by atoms with Gasteiger partial charge in [0, 0.05) is 17.1 Å². The summed E-state index contributed by atoms with van der Waals surface area (Å²) in [5, 5.41) is 0.737. The fourth-order valence-corrected chi connectivity index (χ4v) is 5.59. The molecule has 2 N–H and O–H groups in total. The molecule has 0 spiro atoms. The van der Waals surface area contributed by atoms with Crippen LogP contribution < -0.4 is 10.5 Å². The van der Waals surface area contributed by atoms with E-state index < -0.39 is 5.60 Å². The number of cyclic esters (lactones) is 1. The molecular weight excluding hydrogens is 454 g/mol. The van der Waals surface area contributed by atoms with Crippen molar-refractivity contribution in [2.24, 2.45) is 10.9 Å². The quantitative estimate of drug-likeness (QED) is 0.653. The van der Waals surface area contributed by atoms with Crippen molar-refractivity contribution in [2.75, 3.05) is 25.4 Å². The second-order valence-corrected chi connectivity index (χ2v) is 10.3. The van der Waals surface area contributed by atoms with Crippen molar-refractivity contribution in [1.82, 2.24) is 14.9 Å². The van der Waals surface area contributed by atoms with Gasteiger partial charge in [-0.25, -0.2) is 14.8 Å². The molecular formula is C25H30ClN5O3. The Morgan fingerprint density at radius 3 is 2.65 bits per heavy atom. The molecule has 0 unspecified atom stereocenters. The number of aryl methyl sites for hydroxylation is 1. The van der Waals surface area contributed by atoms with E-state index in [1.54, 1.807) is 6.92 Å². The number of carbonyl (C=O) groups excluding carboxylic acids is 1. The molecule has 1 saturated heterocycles. The van der Waals surface area contributed by atoms with Gasteiger partial charge in [-0.1, -0.05) is 23.7 Å². The first-order valence-corrected chi connectivity index (χ1v) is 12.2. The number of aliphatic imine (C=N–C) groups is 1. The third kappa shape index (κ3) is 4.31. The molecule has 1 saturated carbocycles. The van der Waals surface area contributed by atoms with Gasteiger partial charge in [-0.15, -0.1) is 0 Å². The van der Waals surface area contributed by atoms with Crippen LogP contribution in [0.4, 0.5) is 16.3 Å². The van der Waals surface area contributed by atoms with Crippen LogP contribution in [0.1, 0.15) is 62.4 Å². The lowest BCUT2D eigenvalue weighted by Gasteiger charge is -2.33. The third-order valence-electron chi connectivity index (χ3n) is 7.02. The predicted octanol–water partition coefficient (Wildman–Crippen LogP) is 5.04. The zero-order chi connectivity index (χ0) is 24.0. The van der Waals surface area contributed by atoms with Crippen molar-refractivity contribution in [3.8, 4) is 5.88 Å². The summed E-state index contributed by atoms with van der Waals surface area (Å²) in [5.74, 6) is 2.19. The lowest BCUT2D eigenvalue weighted by Crippen LogP contribution is -2.41. The Hall–Kier alpha value is -2.87. The number of nitrogen functional groups attached to an aromatic ring is 1. The van der Waals surface area contributed by atoms with Gasteiger partial charge in [-0.3, -0.25) is 0 Å². The van der Waals surface area contributed by atoms with Crippen LogP contribution in [0.2, 0.25) is 5.02 Å². The number of fused-ring (bicyclic) bond motifs is 1. The summed E-state index contributed by atoms with van der Waals surface area (Å²) >= 11 is 6.81. The second-order valence-electron chi connectivity index (χ2n) is 9.90. The Morgan fingerprint density at radius 2 is 1.97 bits per heavy atom. The summed E-state index contributed by atoms with van der Waals surface area (Å²) < 4.78 is 11.2. The number of hydrogen-bond donors (Lipinski definition) is 1. The lowest BCUT2D eigenvalue weighted by molar-refractivity contribution is 0.150. The number of amides is 1. The van der Waals surface area contributed by atoms with E-state index in [-0.39, 0.29) is 6.09 Å². The SMILES string of the molecule is Cc1nc(N)c2c(n1)OC(C)(C)C(c1ccc([C@H]3CC[C@H](CN4CCOC4=O)CC3)c(Cl)c1)=N2. The number of ether oxygens (including phenoxy) is 2. The average Bonchev–Trinajstić information content (AvgIpc) is 3.17. The van der Waals surface area contributed by atoms with E-state index in [1.165, 1.54) is 5.56 Å². The van der Waals surface area contributed by atoms with Crippen LogP contribution in [0, 0.1) is 12.8 Å². The van der Waals surface area contributed by atoms with Crippen LogP contribution in [0.15, 0.2) is 23.2 Å². The van der Waals surface area contributed by atoms with Crippen LogP contribution in [-0.2, 0) is 4.74 Å². The molecule has 0 bridgehead atoms. The number of anilines is 1. The maximum Gasteiger partial charge on any atom is 0.409 e. The Balaban J connectivity index is 1.33. The van der Waals surface area contributed by atoms with E-state index in [9.17, 15) is 4.79 Å². The number of aromatic nitrogens is 2. The molecule has 1 aromatic carbocycles. The summed E-state index contributed by atoms with van der Waals surface area (Å²) in [7, 11) is 0. The normalized spacial score (nSPS) is 23.7. The van der Waals surface area contributed by atoms with E-state index in [0.29, 0.717) is 48.2 Å². The van der Waals surface area contributed by atoms with E-state index in [2.05, 4.69) is 22.1 Å². The number of nitrogens with two attached hydrogens (primary N) is 1. The summed E-state index contributed by atoms with van der Waals surface area (Å²) in [6.07, 6.45) is 4.10. The zero-order valence-corrected chi connectivity index (χ0v) is 20.6. The molecule has 1 amide bonds. The molecule has 1 aliphatic carbocycles. The Morgan fingerprint density at radius 1 is 1.21 bits per heavy atom. The smallest absolute Gasteiger partial charge is 0.409 e. The molecule has 5 rings (SSSR count). The summed E-state index contributed by atoms with van der Waals surface area (Å²) in [5.41, 5.74) is 8.67. The second kappa shape index (κ2) is 8.73. The molecule has 3 aliphatic rings. The number of carbonyl (C=O) groups is 1. The van der Waals surface area contributed by atoms with Crippen molar-refractivity contribution in [3.63, 3.8) is 0 Å². The van der Waals surface area contributed by atoms with Gasteiger partial charge in [0.25, 0.3) is 0 Å². The Kier molecular flexibility index (Phi) is 5.88.